The Morgan fingerprint density at radius 2 is 1.77 bits per heavy atom. The molecule has 0 bridgehead atoms. The summed E-state index contributed by atoms with van der Waals surface area (Å²) in [6.07, 6.45) is 1.82. The Morgan fingerprint density at radius 3 is 2.36 bits per heavy atom. The van der Waals surface area contributed by atoms with Crippen molar-refractivity contribution in [2.24, 2.45) is 0 Å². The zero-order valence-corrected chi connectivity index (χ0v) is 14.2. The van der Waals surface area contributed by atoms with Gasteiger partial charge in [0.05, 0.1) is 0 Å². The van der Waals surface area contributed by atoms with Crippen LogP contribution in [0.25, 0.3) is 0 Å². The second kappa shape index (κ2) is 6.77. The van der Waals surface area contributed by atoms with Crippen molar-refractivity contribution in [3.05, 3.63) is 48.2 Å². The van der Waals surface area contributed by atoms with Crippen LogP contribution in [0.4, 0.5) is 11.8 Å². The van der Waals surface area contributed by atoms with E-state index in [4.69, 9.17) is 0 Å². The van der Waals surface area contributed by atoms with Crippen LogP contribution in [-0.4, -0.2) is 21.5 Å². The van der Waals surface area contributed by atoms with E-state index in [0.717, 1.165) is 18.3 Å². The van der Waals surface area contributed by atoms with E-state index in [9.17, 15) is 0 Å². The van der Waals surface area contributed by atoms with Gasteiger partial charge in [-0.25, -0.2) is 4.98 Å². The van der Waals surface area contributed by atoms with Crippen LogP contribution >= 0.6 is 0 Å². The van der Waals surface area contributed by atoms with Gasteiger partial charge in [-0.2, -0.15) is 4.98 Å². The maximum Gasteiger partial charge on any atom is 0.227 e. The largest absolute Gasteiger partial charge is 0.365 e. The Balaban J connectivity index is 2.23. The minimum atomic E-state index is -0.0201. The van der Waals surface area contributed by atoms with Crippen molar-refractivity contribution in [3.63, 3.8) is 0 Å². The van der Waals surface area contributed by atoms with Crippen molar-refractivity contribution < 1.29 is 0 Å². The molecule has 4 heteroatoms. The highest BCUT2D eigenvalue weighted by Gasteiger charge is 2.16. The Kier molecular flexibility index (Phi) is 5.01. The maximum atomic E-state index is 4.68. The fourth-order valence-corrected chi connectivity index (χ4v) is 2.20. The minimum absolute atomic E-state index is 0.0201. The summed E-state index contributed by atoms with van der Waals surface area (Å²) in [5.41, 5.74) is 1.24. The van der Waals surface area contributed by atoms with Crippen molar-refractivity contribution in [2.75, 3.05) is 10.2 Å². The standard InChI is InChI=1S/C18H26N4/c1-14(2)22(13-15-9-7-6-8-10-15)17-19-12-11-16(20-17)21-18(3,4)5/h6-12,14H,13H2,1-5H3,(H,19,20,21). The van der Waals surface area contributed by atoms with Crippen molar-refractivity contribution in [2.45, 2.75) is 52.7 Å². The number of rotatable bonds is 5. The quantitative estimate of drug-likeness (QED) is 0.902. The molecule has 1 heterocycles. The first-order valence-electron chi connectivity index (χ1n) is 7.77. The molecule has 1 aromatic carbocycles. The first-order valence-corrected chi connectivity index (χ1v) is 7.77. The van der Waals surface area contributed by atoms with Gasteiger partial charge in [0.1, 0.15) is 5.82 Å². The molecule has 0 radical (unpaired) electrons. The van der Waals surface area contributed by atoms with Crippen LogP contribution in [0.2, 0.25) is 0 Å². The predicted molar refractivity (Wildman–Crippen MR) is 93.2 cm³/mol. The van der Waals surface area contributed by atoms with E-state index in [1.54, 1.807) is 0 Å². The molecule has 0 saturated heterocycles. The topological polar surface area (TPSA) is 41.1 Å². The predicted octanol–water partition coefficient (Wildman–Crippen LogP) is 4.10. The lowest BCUT2D eigenvalue weighted by Gasteiger charge is -2.28. The lowest BCUT2D eigenvalue weighted by Crippen LogP contribution is -2.32. The summed E-state index contributed by atoms with van der Waals surface area (Å²) in [4.78, 5) is 11.4. The molecule has 0 spiro atoms. The highest BCUT2D eigenvalue weighted by Crippen LogP contribution is 2.19. The van der Waals surface area contributed by atoms with Crippen LogP contribution < -0.4 is 10.2 Å². The Hall–Kier alpha value is -2.10. The van der Waals surface area contributed by atoms with E-state index in [2.05, 4.69) is 79.1 Å². The molecule has 0 aliphatic heterocycles. The number of nitrogens with one attached hydrogen (secondary N) is 1. The number of nitrogens with zero attached hydrogens (tertiary/aromatic N) is 3. The van der Waals surface area contributed by atoms with Gasteiger partial charge in [-0.05, 0) is 46.2 Å². The van der Waals surface area contributed by atoms with Gasteiger partial charge in [-0.1, -0.05) is 30.3 Å². The number of hydrogen-bond donors (Lipinski definition) is 1. The molecular formula is C18H26N4. The number of hydrogen-bond acceptors (Lipinski definition) is 4. The average molecular weight is 298 g/mol. The minimum Gasteiger partial charge on any atom is -0.365 e. The van der Waals surface area contributed by atoms with Gasteiger partial charge in [0, 0.05) is 24.3 Å². The van der Waals surface area contributed by atoms with Crippen LogP contribution in [0.3, 0.4) is 0 Å². The molecule has 0 aliphatic carbocycles. The zero-order chi connectivity index (χ0) is 16.2. The first-order chi connectivity index (χ1) is 10.3. The van der Waals surface area contributed by atoms with Crippen LogP contribution in [0.1, 0.15) is 40.2 Å². The Labute approximate surface area is 133 Å². The summed E-state index contributed by atoms with van der Waals surface area (Å²) >= 11 is 0. The maximum absolute atomic E-state index is 4.68. The van der Waals surface area contributed by atoms with Gasteiger partial charge in [0.2, 0.25) is 5.95 Å². The normalized spacial score (nSPS) is 11.5. The molecule has 118 valence electrons. The van der Waals surface area contributed by atoms with Crippen LogP contribution in [0.5, 0.6) is 0 Å². The third-order valence-electron chi connectivity index (χ3n) is 3.22. The smallest absolute Gasteiger partial charge is 0.227 e. The van der Waals surface area contributed by atoms with Gasteiger partial charge in [-0.15, -0.1) is 0 Å². The second-order valence-electron chi connectivity index (χ2n) is 6.82. The van der Waals surface area contributed by atoms with E-state index in [0.29, 0.717) is 6.04 Å². The summed E-state index contributed by atoms with van der Waals surface area (Å²) < 4.78 is 0. The lowest BCUT2D eigenvalue weighted by molar-refractivity contribution is 0.626. The Morgan fingerprint density at radius 1 is 1.09 bits per heavy atom. The zero-order valence-electron chi connectivity index (χ0n) is 14.2. The van der Waals surface area contributed by atoms with Crippen molar-refractivity contribution in [3.8, 4) is 0 Å². The van der Waals surface area contributed by atoms with Gasteiger partial charge in [0.15, 0.2) is 0 Å². The third-order valence-corrected chi connectivity index (χ3v) is 3.22. The number of aromatic nitrogens is 2. The summed E-state index contributed by atoms with van der Waals surface area (Å²) in [6.45, 7) is 11.5. The van der Waals surface area contributed by atoms with E-state index in [-0.39, 0.29) is 5.54 Å². The monoisotopic (exact) mass is 298 g/mol. The average Bonchev–Trinajstić information content (AvgIpc) is 2.44. The van der Waals surface area contributed by atoms with E-state index >= 15 is 0 Å². The fraction of sp³-hybridized carbons (Fsp3) is 0.444. The molecule has 0 amide bonds. The van der Waals surface area contributed by atoms with Crippen molar-refractivity contribution >= 4 is 11.8 Å². The summed E-state index contributed by atoms with van der Waals surface area (Å²) in [5, 5.41) is 3.40. The van der Waals surface area contributed by atoms with Gasteiger partial charge < -0.3 is 10.2 Å². The third kappa shape index (κ3) is 4.72. The second-order valence-corrected chi connectivity index (χ2v) is 6.82. The molecule has 2 aromatic rings. The van der Waals surface area contributed by atoms with Crippen LogP contribution in [-0.2, 0) is 6.54 Å². The molecule has 1 aromatic heterocycles. The van der Waals surface area contributed by atoms with Gasteiger partial charge in [-0.3, -0.25) is 0 Å². The van der Waals surface area contributed by atoms with E-state index in [1.807, 2.05) is 18.3 Å². The fourth-order valence-electron chi connectivity index (χ4n) is 2.20. The van der Waals surface area contributed by atoms with Crippen LogP contribution in [0, 0.1) is 0 Å². The Bertz CT molecular complexity index is 588. The molecule has 1 N–H and O–H groups in total. The van der Waals surface area contributed by atoms with Crippen molar-refractivity contribution in [1.29, 1.82) is 0 Å². The molecule has 2 rings (SSSR count). The first kappa shape index (κ1) is 16.3. The molecule has 0 unspecified atom stereocenters. The lowest BCUT2D eigenvalue weighted by atomic mass is 10.1. The van der Waals surface area contributed by atoms with E-state index in [1.165, 1.54) is 5.56 Å². The molecule has 0 atom stereocenters. The molecular weight excluding hydrogens is 272 g/mol. The molecule has 0 fully saturated rings. The van der Waals surface area contributed by atoms with Crippen LogP contribution in [0.15, 0.2) is 42.6 Å². The molecule has 0 aliphatic rings. The summed E-state index contributed by atoms with van der Waals surface area (Å²) in [6, 6.07) is 12.7. The van der Waals surface area contributed by atoms with Gasteiger partial charge in [0.25, 0.3) is 0 Å². The van der Waals surface area contributed by atoms with Gasteiger partial charge >= 0.3 is 0 Å². The SMILES string of the molecule is CC(C)N(Cc1ccccc1)c1nccc(NC(C)(C)C)n1. The molecule has 4 nitrogen and oxygen atoms in total. The van der Waals surface area contributed by atoms with Crippen molar-refractivity contribution in [1.82, 2.24) is 9.97 Å². The summed E-state index contributed by atoms with van der Waals surface area (Å²) in [7, 11) is 0. The van der Waals surface area contributed by atoms with E-state index < -0.39 is 0 Å². The molecule has 0 saturated carbocycles. The highest BCUT2D eigenvalue weighted by molar-refractivity contribution is 5.43. The molecule has 22 heavy (non-hydrogen) atoms. The summed E-state index contributed by atoms with van der Waals surface area (Å²) in [5.74, 6) is 1.62. The number of anilines is 2. The highest BCUT2D eigenvalue weighted by atomic mass is 15.3. The number of benzene rings is 1.